The van der Waals surface area contributed by atoms with Crippen LogP contribution in [0.3, 0.4) is 0 Å². The number of hydrogen-bond donors (Lipinski definition) is 1. The second-order valence-electron chi connectivity index (χ2n) is 5.97. The van der Waals surface area contributed by atoms with Gasteiger partial charge in [0.15, 0.2) is 0 Å². The molecule has 0 aliphatic rings. The smallest absolute Gasteiger partial charge is 0.323 e. The standard InChI is InChI=1S/C20H22N2O4/c1-3-4-11-26-18-12-14(25-2)9-10-15(18)20-21-16-7-5-6-8-17(16)22(20)13-19(23)24/h5-10,12H,3-4,11,13H2,1-2H3,(H,23,24). The topological polar surface area (TPSA) is 73.6 Å². The molecule has 0 unspecified atom stereocenters. The highest BCUT2D eigenvalue weighted by Crippen LogP contribution is 2.35. The molecular weight excluding hydrogens is 332 g/mol. The lowest BCUT2D eigenvalue weighted by atomic mass is 10.1. The minimum Gasteiger partial charge on any atom is -0.497 e. The third-order valence-corrected chi connectivity index (χ3v) is 4.13. The van der Waals surface area contributed by atoms with Crippen molar-refractivity contribution in [2.24, 2.45) is 0 Å². The van der Waals surface area contributed by atoms with Gasteiger partial charge in [0.05, 0.1) is 30.3 Å². The molecule has 0 atom stereocenters. The molecule has 26 heavy (non-hydrogen) atoms. The molecule has 3 aromatic rings. The van der Waals surface area contributed by atoms with Crippen LogP contribution < -0.4 is 9.47 Å². The van der Waals surface area contributed by atoms with Gasteiger partial charge in [-0.1, -0.05) is 25.5 Å². The molecule has 0 radical (unpaired) electrons. The van der Waals surface area contributed by atoms with E-state index < -0.39 is 5.97 Å². The molecule has 0 saturated heterocycles. The van der Waals surface area contributed by atoms with Gasteiger partial charge in [0.2, 0.25) is 0 Å². The average molecular weight is 354 g/mol. The van der Waals surface area contributed by atoms with Gasteiger partial charge in [-0.15, -0.1) is 0 Å². The van der Waals surface area contributed by atoms with Crippen LogP contribution in [0.5, 0.6) is 11.5 Å². The van der Waals surface area contributed by atoms with E-state index in [0.29, 0.717) is 23.9 Å². The van der Waals surface area contributed by atoms with E-state index in [9.17, 15) is 9.90 Å². The van der Waals surface area contributed by atoms with Gasteiger partial charge >= 0.3 is 5.97 Å². The van der Waals surface area contributed by atoms with E-state index >= 15 is 0 Å². The highest BCUT2D eigenvalue weighted by atomic mass is 16.5. The zero-order valence-corrected chi connectivity index (χ0v) is 14.9. The molecule has 0 saturated carbocycles. The van der Waals surface area contributed by atoms with Crippen molar-refractivity contribution in [2.75, 3.05) is 13.7 Å². The van der Waals surface area contributed by atoms with Crippen molar-refractivity contribution in [3.8, 4) is 22.9 Å². The summed E-state index contributed by atoms with van der Waals surface area (Å²) < 4.78 is 13.0. The Kier molecular flexibility index (Phi) is 5.41. The third kappa shape index (κ3) is 3.64. The normalized spacial score (nSPS) is 10.8. The molecule has 6 heteroatoms. The van der Waals surface area contributed by atoms with Crippen molar-refractivity contribution in [3.63, 3.8) is 0 Å². The molecule has 2 aromatic carbocycles. The van der Waals surface area contributed by atoms with E-state index in [4.69, 9.17) is 9.47 Å². The SMILES string of the molecule is CCCCOc1cc(OC)ccc1-c1nc2ccccc2n1CC(=O)O. The minimum atomic E-state index is -0.920. The van der Waals surface area contributed by atoms with Crippen LogP contribution in [0.1, 0.15) is 19.8 Å². The fourth-order valence-electron chi connectivity index (χ4n) is 2.84. The third-order valence-electron chi connectivity index (χ3n) is 4.13. The molecule has 1 aromatic heterocycles. The first-order chi connectivity index (χ1) is 12.6. The number of rotatable bonds is 8. The molecule has 0 fully saturated rings. The maximum absolute atomic E-state index is 11.4. The lowest BCUT2D eigenvalue weighted by molar-refractivity contribution is -0.137. The number of carboxylic acids is 1. The quantitative estimate of drug-likeness (QED) is 0.620. The number of methoxy groups -OCH3 is 1. The fourth-order valence-corrected chi connectivity index (χ4v) is 2.84. The monoisotopic (exact) mass is 354 g/mol. The number of para-hydroxylation sites is 2. The van der Waals surface area contributed by atoms with Crippen molar-refractivity contribution >= 4 is 17.0 Å². The number of benzene rings is 2. The van der Waals surface area contributed by atoms with Crippen molar-refractivity contribution in [1.82, 2.24) is 9.55 Å². The Balaban J connectivity index is 2.14. The first kappa shape index (κ1) is 17.8. The van der Waals surface area contributed by atoms with Crippen LogP contribution in [0.2, 0.25) is 0 Å². The zero-order chi connectivity index (χ0) is 18.5. The predicted molar refractivity (Wildman–Crippen MR) is 99.8 cm³/mol. The van der Waals surface area contributed by atoms with E-state index in [0.717, 1.165) is 29.4 Å². The number of ether oxygens (including phenoxy) is 2. The Hall–Kier alpha value is -3.02. The van der Waals surface area contributed by atoms with Crippen LogP contribution in [0.25, 0.3) is 22.4 Å². The first-order valence-corrected chi connectivity index (χ1v) is 8.62. The van der Waals surface area contributed by atoms with Crippen molar-refractivity contribution in [2.45, 2.75) is 26.3 Å². The van der Waals surface area contributed by atoms with Gasteiger partial charge in [0, 0.05) is 6.07 Å². The zero-order valence-electron chi connectivity index (χ0n) is 14.9. The number of carbonyl (C=O) groups is 1. The van der Waals surface area contributed by atoms with Gasteiger partial charge in [-0.3, -0.25) is 4.79 Å². The first-order valence-electron chi connectivity index (χ1n) is 8.62. The summed E-state index contributed by atoms with van der Waals surface area (Å²) in [6.45, 7) is 2.51. The Morgan fingerprint density at radius 2 is 2.04 bits per heavy atom. The molecule has 0 aliphatic heterocycles. The summed E-state index contributed by atoms with van der Waals surface area (Å²) in [7, 11) is 1.60. The van der Waals surface area contributed by atoms with Crippen molar-refractivity contribution in [1.29, 1.82) is 0 Å². The Labute approximate surface area is 152 Å². The molecular formula is C20H22N2O4. The molecule has 1 heterocycles. The molecule has 1 N–H and O–H groups in total. The number of carboxylic acid groups (broad SMARTS) is 1. The van der Waals surface area contributed by atoms with Crippen LogP contribution in [-0.2, 0) is 11.3 Å². The molecule has 136 valence electrons. The second-order valence-corrected chi connectivity index (χ2v) is 5.97. The van der Waals surface area contributed by atoms with Gasteiger partial charge in [-0.05, 0) is 30.7 Å². The summed E-state index contributed by atoms with van der Waals surface area (Å²) >= 11 is 0. The maximum atomic E-state index is 11.4. The van der Waals surface area contributed by atoms with Gasteiger partial charge in [0.25, 0.3) is 0 Å². The molecule has 0 aliphatic carbocycles. The van der Waals surface area contributed by atoms with Crippen LogP contribution >= 0.6 is 0 Å². The Morgan fingerprint density at radius 3 is 2.77 bits per heavy atom. The van der Waals surface area contributed by atoms with E-state index in [1.54, 1.807) is 11.7 Å². The van der Waals surface area contributed by atoms with Gasteiger partial charge in [-0.25, -0.2) is 4.98 Å². The average Bonchev–Trinajstić information content (AvgIpc) is 2.99. The number of fused-ring (bicyclic) bond motifs is 1. The minimum absolute atomic E-state index is 0.170. The summed E-state index contributed by atoms with van der Waals surface area (Å²) in [5.74, 6) is 0.972. The van der Waals surface area contributed by atoms with Crippen molar-refractivity contribution < 1.29 is 19.4 Å². The number of aromatic nitrogens is 2. The molecule has 0 bridgehead atoms. The van der Waals surface area contributed by atoms with Crippen LogP contribution in [0.4, 0.5) is 0 Å². The van der Waals surface area contributed by atoms with Gasteiger partial charge in [-0.2, -0.15) is 0 Å². The van der Waals surface area contributed by atoms with Gasteiger partial charge in [0.1, 0.15) is 23.9 Å². The maximum Gasteiger partial charge on any atom is 0.323 e. The number of nitrogens with zero attached hydrogens (tertiary/aromatic N) is 2. The largest absolute Gasteiger partial charge is 0.497 e. The predicted octanol–water partition coefficient (Wildman–Crippen LogP) is 3.98. The fraction of sp³-hybridized carbons (Fsp3) is 0.300. The molecule has 6 nitrogen and oxygen atoms in total. The van der Waals surface area contributed by atoms with Gasteiger partial charge < -0.3 is 19.1 Å². The summed E-state index contributed by atoms with van der Waals surface area (Å²) in [6.07, 6.45) is 1.96. The van der Waals surface area contributed by atoms with Crippen LogP contribution in [0.15, 0.2) is 42.5 Å². The lowest BCUT2D eigenvalue weighted by Crippen LogP contribution is -2.10. The number of unbranched alkanes of at least 4 members (excludes halogenated alkanes) is 1. The Morgan fingerprint density at radius 1 is 1.23 bits per heavy atom. The molecule has 3 rings (SSSR count). The Bertz CT molecular complexity index is 917. The number of imidazole rings is 1. The highest BCUT2D eigenvalue weighted by molar-refractivity contribution is 5.84. The summed E-state index contributed by atoms with van der Waals surface area (Å²) in [5, 5.41) is 9.34. The highest BCUT2D eigenvalue weighted by Gasteiger charge is 2.18. The van der Waals surface area contributed by atoms with Crippen LogP contribution in [0, 0.1) is 0 Å². The van der Waals surface area contributed by atoms with E-state index in [2.05, 4.69) is 11.9 Å². The number of aliphatic carboxylic acids is 1. The lowest BCUT2D eigenvalue weighted by Gasteiger charge is -2.14. The van der Waals surface area contributed by atoms with Crippen molar-refractivity contribution in [3.05, 3.63) is 42.5 Å². The van der Waals surface area contributed by atoms with Crippen LogP contribution in [-0.4, -0.2) is 34.3 Å². The summed E-state index contributed by atoms with van der Waals surface area (Å²) in [5.41, 5.74) is 2.28. The summed E-state index contributed by atoms with van der Waals surface area (Å²) in [4.78, 5) is 16.0. The summed E-state index contributed by atoms with van der Waals surface area (Å²) in [6, 6.07) is 13.0. The van der Waals surface area contributed by atoms with E-state index in [1.165, 1.54) is 0 Å². The van der Waals surface area contributed by atoms with E-state index in [1.807, 2.05) is 42.5 Å². The number of hydrogen-bond acceptors (Lipinski definition) is 4. The molecule has 0 spiro atoms. The second kappa shape index (κ2) is 7.91. The van der Waals surface area contributed by atoms with E-state index in [-0.39, 0.29) is 6.54 Å². The molecule has 0 amide bonds.